The highest BCUT2D eigenvalue weighted by atomic mass is 16.4. The molecule has 1 atom stereocenters. The average Bonchev–Trinajstić information content (AvgIpc) is 2.93. The molecule has 1 amide bonds. The molecule has 1 fully saturated rings. The van der Waals surface area contributed by atoms with E-state index in [2.05, 4.69) is 5.32 Å². The molecule has 86 valence electrons. The lowest BCUT2D eigenvalue weighted by molar-refractivity contribution is -0.144. The second kappa shape index (κ2) is 4.18. The van der Waals surface area contributed by atoms with E-state index in [1.54, 1.807) is 13.8 Å². The molecule has 15 heavy (non-hydrogen) atoms. The van der Waals surface area contributed by atoms with E-state index >= 15 is 0 Å². The number of nitrogens with one attached hydrogen (secondary N) is 1. The van der Waals surface area contributed by atoms with Crippen molar-refractivity contribution in [1.82, 2.24) is 5.32 Å². The van der Waals surface area contributed by atoms with E-state index in [1.807, 2.05) is 0 Å². The Morgan fingerprint density at radius 1 is 1.47 bits per heavy atom. The number of hydrogen-bond acceptors (Lipinski definition) is 3. The van der Waals surface area contributed by atoms with E-state index in [4.69, 9.17) is 10.8 Å². The molecule has 0 radical (unpaired) electrons. The first kappa shape index (κ1) is 12.0. The Hall–Kier alpha value is -1.10. The summed E-state index contributed by atoms with van der Waals surface area (Å²) in [6.07, 6.45) is 1.53. The van der Waals surface area contributed by atoms with Crippen molar-refractivity contribution < 1.29 is 14.7 Å². The Balaban J connectivity index is 2.59. The van der Waals surface area contributed by atoms with Gasteiger partial charge in [-0.3, -0.25) is 4.79 Å². The first-order valence-corrected chi connectivity index (χ1v) is 5.17. The molecular weight excluding hydrogens is 196 g/mol. The number of carboxylic acid groups (broad SMARTS) is 1. The van der Waals surface area contributed by atoms with E-state index < -0.39 is 17.4 Å². The summed E-state index contributed by atoms with van der Waals surface area (Å²) in [6, 6.07) is -0.818. The van der Waals surface area contributed by atoms with Gasteiger partial charge in [-0.05, 0) is 18.8 Å². The highest BCUT2D eigenvalue weighted by Gasteiger charge is 2.49. The van der Waals surface area contributed by atoms with E-state index in [9.17, 15) is 9.59 Å². The van der Waals surface area contributed by atoms with Gasteiger partial charge in [0.25, 0.3) is 0 Å². The van der Waals surface area contributed by atoms with Crippen molar-refractivity contribution in [1.29, 1.82) is 0 Å². The van der Waals surface area contributed by atoms with Crippen molar-refractivity contribution >= 4 is 11.9 Å². The van der Waals surface area contributed by atoms with Crippen LogP contribution in [0.15, 0.2) is 0 Å². The van der Waals surface area contributed by atoms with Gasteiger partial charge in [0.1, 0.15) is 6.04 Å². The van der Waals surface area contributed by atoms with Crippen LogP contribution in [0.25, 0.3) is 0 Å². The fourth-order valence-electron chi connectivity index (χ4n) is 1.48. The summed E-state index contributed by atoms with van der Waals surface area (Å²) in [5, 5.41) is 11.5. The lowest BCUT2D eigenvalue weighted by atomic mass is 10.0. The minimum atomic E-state index is -0.994. The van der Waals surface area contributed by atoms with Crippen LogP contribution in [0.4, 0.5) is 0 Å². The van der Waals surface area contributed by atoms with E-state index in [1.165, 1.54) is 0 Å². The first-order valence-electron chi connectivity index (χ1n) is 5.17. The van der Waals surface area contributed by atoms with Gasteiger partial charge in [-0.2, -0.15) is 0 Å². The van der Waals surface area contributed by atoms with Crippen LogP contribution in [0.1, 0.15) is 26.7 Å². The highest BCUT2D eigenvalue weighted by Crippen LogP contribution is 2.44. The zero-order valence-corrected chi connectivity index (χ0v) is 9.12. The lowest BCUT2D eigenvalue weighted by Crippen LogP contribution is -2.48. The van der Waals surface area contributed by atoms with Gasteiger partial charge in [-0.1, -0.05) is 13.8 Å². The number of amides is 1. The first-order chi connectivity index (χ1) is 6.93. The third kappa shape index (κ3) is 2.47. The van der Waals surface area contributed by atoms with Crippen molar-refractivity contribution in [3.63, 3.8) is 0 Å². The number of carboxylic acids is 1. The fraction of sp³-hybridized carbons (Fsp3) is 0.800. The Bertz CT molecular complexity index is 272. The monoisotopic (exact) mass is 214 g/mol. The highest BCUT2D eigenvalue weighted by molar-refractivity contribution is 5.89. The summed E-state index contributed by atoms with van der Waals surface area (Å²) in [6.45, 7) is 3.82. The van der Waals surface area contributed by atoms with Crippen LogP contribution in [0, 0.1) is 11.3 Å². The van der Waals surface area contributed by atoms with Crippen LogP contribution < -0.4 is 11.1 Å². The quantitative estimate of drug-likeness (QED) is 0.598. The lowest BCUT2D eigenvalue weighted by Gasteiger charge is -2.21. The van der Waals surface area contributed by atoms with E-state index in [0.717, 1.165) is 12.8 Å². The summed E-state index contributed by atoms with van der Waals surface area (Å²) in [4.78, 5) is 22.6. The molecule has 0 aliphatic heterocycles. The van der Waals surface area contributed by atoms with Crippen molar-refractivity contribution in [3.8, 4) is 0 Å². The number of carbonyl (C=O) groups excluding carboxylic acids is 1. The molecule has 1 saturated carbocycles. The second-order valence-electron chi connectivity index (χ2n) is 4.52. The van der Waals surface area contributed by atoms with Gasteiger partial charge in [0.05, 0.1) is 5.41 Å². The van der Waals surface area contributed by atoms with Crippen LogP contribution in [-0.4, -0.2) is 29.6 Å². The van der Waals surface area contributed by atoms with Crippen LogP contribution in [0.2, 0.25) is 0 Å². The molecule has 0 aromatic carbocycles. The topological polar surface area (TPSA) is 92.4 Å². The Kier molecular flexibility index (Phi) is 3.34. The number of nitrogens with two attached hydrogens (primary N) is 1. The number of aliphatic carboxylic acids is 1. The van der Waals surface area contributed by atoms with Gasteiger partial charge in [0.2, 0.25) is 5.91 Å². The Morgan fingerprint density at radius 3 is 2.27 bits per heavy atom. The summed E-state index contributed by atoms with van der Waals surface area (Å²) < 4.78 is 0. The van der Waals surface area contributed by atoms with E-state index in [-0.39, 0.29) is 11.8 Å². The molecule has 5 heteroatoms. The van der Waals surface area contributed by atoms with Crippen molar-refractivity contribution in [3.05, 3.63) is 0 Å². The SMILES string of the molecule is CC(C)[C@H](NC(=O)C1(CN)CC1)C(=O)O. The molecule has 5 nitrogen and oxygen atoms in total. The third-order valence-electron chi connectivity index (χ3n) is 2.95. The van der Waals surface area contributed by atoms with Crippen LogP contribution in [0.5, 0.6) is 0 Å². The second-order valence-corrected chi connectivity index (χ2v) is 4.52. The molecule has 0 bridgehead atoms. The molecule has 0 aromatic heterocycles. The van der Waals surface area contributed by atoms with Crippen LogP contribution >= 0.6 is 0 Å². The van der Waals surface area contributed by atoms with E-state index in [0.29, 0.717) is 6.54 Å². The summed E-state index contributed by atoms with van der Waals surface area (Å²) in [5.74, 6) is -1.34. The molecule has 4 N–H and O–H groups in total. The molecular formula is C10H18N2O3. The summed E-state index contributed by atoms with van der Waals surface area (Å²) in [7, 11) is 0. The smallest absolute Gasteiger partial charge is 0.326 e. The zero-order valence-electron chi connectivity index (χ0n) is 9.12. The van der Waals surface area contributed by atoms with Crippen molar-refractivity contribution in [2.45, 2.75) is 32.7 Å². The van der Waals surface area contributed by atoms with Gasteiger partial charge in [-0.25, -0.2) is 4.79 Å². The maximum absolute atomic E-state index is 11.7. The van der Waals surface area contributed by atoms with Gasteiger partial charge < -0.3 is 16.2 Å². The molecule has 0 heterocycles. The van der Waals surface area contributed by atoms with Gasteiger partial charge in [0, 0.05) is 6.54 Å². The zero-order chi connectivity index (χ0) is 11.6. The van der Waals surface area contributed by atoms with Crippen LogP contribution in [0.3, 0.4) is 0 Å². The normalized spacial score (nSPS) is 19.7. The molecule has 1 aliphatic rings. The largest absolute Gasteiger partial charge is 0.480 e. The summed E-state index contributed by atoms with van der Waals surface area (Å²) in [5.41, 5.74) is 5.01. The van der Waals surface area contributed by atoms with Gasteiger partial charge in [0.15, 0.2) is 0 Å². The molecule has 0 spiro atoms. The molecule has 0 unspecified atom stereocenters. The Labute approximate surface area is 89.0 Å². The molecule has 1 rings (SSSR count). The summed E-state index contributed by atoms with van der Waals surface area (Å²) >= 11 is 0. The van der Waals surface area contributed by atoms with Crippen LogP contribution in [-0.2, 0) is 9.59 Å². The number of carbonyl (C=O) groups is 2. The van der Waals surface area contributed by atoms with Gasteiger partial charge >= 0.3 is 5.97 Å². The predicted molar refractivity (Wildman–Crippen MR) is 55.1 cm³/mol. The molecule has 0 aromatic rings. The van der Waals surface area contributed by atoms with Crippen molar-refractivity contribution in [2.75, 3.05) is 6.54 Å². The maximum Gasteiger partial charge on any atom is 0.326 e. The number of rotatable bonds is 5. The molecule has 0 saturated heterocycles. The fourth-order valence-corrected chi connectivity index (χ4v) is 1.48. The Morgan fingerprint density at radius 2 is 2.00 bits per heavy atom. The standard InChI is InChI=1S/C10H18N2O3/c1-6(2)7(8(13)14)12-9(15)10(5-11)3-4-10/h6-7H,3-5,11H2,1-2H3,(H,12,15)(H,13,14)/t7-/m0/s1. The maximum atomic E-state index is 11.7. The minimum absolute atomic E-state index is 0.125. The third-order valence-corrected chi connectivity index (χ3v) is 2.95. The van der Waals surface area contributed by atoms with Gasteiger partial charge in [-0.15, -0.1) is 0 Å². The molecule has 1 aliphatic carbocycles. The average molecular weight is 214 g/mol. The van der Waals surface area contributed by atoms with Crippen molar-refractivity contribution in [2.24, 2.45) is 17.1 Å². The predicted octanol–water partition coefficient (Wildman–Crippen LogP) is -0.0493. The number of hydrogen-bond donors (Lipinski definition) is 3. The minimum Gasteiger partial charge on any atom is -0.480 e.